The molecule has 2 heterocycles. The van der Waals surface area contributed by atoms with Crippen LogP contribution in [0, 0.1) is 11.8 Å². The number of likely N-dealkylation sites (tertiary alicyclic amines) is 2. The molecule has 0 bridgehead atoms. The summed E-state index contributed by atoms with van der Waals surface area (Å²) < 4.78 is 0. The van der Waals surface area contributed by atoms with Crippen molar-refractivity contribution in [1.82, 2.24) is 15.1 Å². The van der Waals surface area contributed by atoms with Crippen LogP contribution in [0.4, 0.5) is 0 Å². The molecule has 1 N–H and O–H groups in total. The van der Waals surface area contributed by atoms with Crippen molar-refractivity contribution in [1.29, 1.82) is 0 Å². The van der Waals surface area contributed by atoms with Crippen molar-refractivity contribution in [2.24, 2.45) is 11.8 Å². The highest BCUT2D eigenvalue weighted by Crippen LogP contribution is 2.35. The zero-order chi connectivity index (χ0) is 18.5. The fraction of sp³-hybridized carbons (Fsp3) is 0.696. The monoisotopic (exact) mass is 369 g/mol. The largest absolute Gasteiger partial charge is 0.352 e. The van der Waals surface area contributed by atoms with Crippen molar-refractivity contribution in [3.8, 4) is 0 Å². The van der Waals surface area contributed by atoms with Crippen LogP contribution in [-0.2, 0) is 11.3 Å². The molecule has 27 heavy (non-hydrogen) atoms. The number of hydrogen-bond donors (Lipinski definition) is 1. The Morgan fingerprint density at radius 2 is 1.59 bits per heavy atom. The van der Waals surface area contributed by atoms with E-state index in [2.05, 4.69) is 45.4 Å². The molecule has 4 rings (SSSR count). The molecule has 2 aliphatic heterocycles. The lowest BCUT2D eigenvalue weighted by molar-refractivity contribution is -0.124. The zero-order valence-corrected chi connectivity index (χ0v) is 16.6. The first-order valence-corrected chi connectivity index (χ1v) is 11.0. The number of amides is 1. The van der Waals surface area contributed by atoms with Crippen LogP contribution in [0.5, 0.6) is 0 Å². The fourth-order valence-corrected chi connectivity index (χ4v) is 5.37. The number of hydrogen-bond acceptors (Lipinski definition) is 3. The Morgan fingerprint density at radius 1 is 0.889 bits per heavy atom. The lowest BCUT2D eigenvalue weighted by Crippen LogP contribution is -2.49. The highest BCUT2D eigenvalue weighted by Gasteiger charge is 2.32. The highest BCUT2D eigenvalue weighted by atomic mass is 16.2. The fourth-order valence-electron chi connectivity index (χ4n) is 5.37. The second-order valence-corrected chi connectivity index (χ2v) is 8.93. The Balaban J connectivity index is 1.16. The van der Waals surface area contributed by atoms with Gasteiger partial charge in [0.1, 0.15) is 0 Å². The van der Waals surface area contributed by atoms with E-state index < -0.39 is 0 Å². The van der Waals surface area contributed by atoms with Crippen molar-refractivity contribution in [3.05, 3.63) is 35.9 Å². The maximum atomic E-state index is 12.5. The summed E-state index contributed by atoms with van der Waals surface area (Å²) in [6, 6.07) is 11.0. The molecule has 1 amide bonds. The number of fused-ring (bicyclic) bond motifs is 1. The van der Waals surface area contributed by atoms with Crippen LogP contribution in [0.15, 0.2) is 30.3 Å². The van der Waals surface area contributed by atoms with Gasteiger partial charge in [0.05, 0.1) is 6.54 Å². The standard InChI is InChI=1S/C23H35N3O/c27-23(18-26-13-10-20-8-4-5-9-21(20)17-26)24-22-11-14-25(15-12-22)16-19-6-2-1-3-7-19/h1-3,6-7,20-22H,4-5,8-18H2,(H,24,27)/t20-,21+/m0/s1. The molecule has 148 valence electrons. The SMILES string of the molecule is O=C(CN1CC[C@@H]2CCCC[C@@H]2C1)NC1CCN(Cc2ccccc2)CC1. The second kappa shape index (κ2) is 9.20. The van der Waals surface area contributed by atoms with Crippen LogP contribution in [-0.4, -0.2) is 54.5 Å². The highest BCUT2D eigenvalue weighted by molar-refractivity contribution is 5.78. The summed E-state index contributed by atoms with van der Waals surface area (Å²) in [7, 11) is 0. The molecule has 4 heteroatoms. The number of carbonyl (C=O) groups is 1. The lowest BCUT2D eigenvalue weighted by Gasteiger charge is -2.41. The van der Waals surface area contributed by atoms with E-state index >= 15 is 0 Å². The summed E-state index contributed by atoms with van der Waals surface area (Å²) >= 11 is 0. The van der Waals surface area contributed by atoms with Gasteiger partial charge in [0.15, 0.2) is 0 Å². The van der Waals surface area contributed by atoms with Crippen LogP contribution in [0.2, 0.25) is 0 Å². The summed E-state index contributed by atoms with van der Waals surface area (Å²) in [6.45, 7) is 6.05. The topological polar surface area (TPSA) is 35.6 Å². The van der Waals surface area contributed by atoms with Gasteiger partial charge in [-0.1, -0.05) is 49.6 Å². The van der Waals surface area contributed by atoms with E-state index in [-0.39, 0.29) is 5.91 Å². The van der Waals surface area contributed by atoms with E-state index in [1.165, 1.54) is 37.7 Å². The van der Waals surface area contributed by atoms with Crippen molar-refractivity contribution in [2.45, 2.75) is 57.5 Å². The number of carbonyl (C=O) groups excluding carboxylic acids is 1. The maximum absolute atomic E-state index is 12.5. The molecular formula is C23H35N3O. The third-order valence-corrected chi connectivity index (χ3v) is 6.94. The predicted octanol–water partition coefficient (Wildman–Crippen LogP) is 3.28. The van der Waals surface area contributed by atoms with Crippen molar-refractivity contribution < 1.29 is 4.79 Å². The van der Waals surface area contributed by atoms with Gasteiger partial charge in [-0.2, -0.15) is 0 Å². The van der Waals surface area contributed by atoms with Crippen LogP contribution in [0.25, 0.3) is 0 Å². The third kappa shape index (κ3) is 5.32. The molecule has 1 aliphatic carbocycles. The molecule has 1 saturated carbocycles. The van der Waals surface area contributed by atoms with Gasteiger partial charge in [0.25, 0.3) is 0 Å². The van der Waals surface area contributed by atoms with Crippen molar-refractivity contribution >= 4 is 5.91 Å². The number of rotatable bonds is 5. The Morgan fingerprint density at radius 3 is 2.37 bits per heavy atom. The molecule has 0 radical (unpaired) electrons. The molecule has 2 atom stereocenters. The molecule has 4 nitrogen and oxygen atoms in total. The molecule has 0 spiro atoms. The molecule has 2 saturated heterocycles. The molecule has 3 aliphatic rings. The average molecular weight is 370 g/mol. The van der Waals surface area contributed by atoms with Crippen LogP contribution in [0.3, 0.4) is 0 Å². The Hall–Kier alpha value is -1.39. The van der Waals surface area contributed by atoms with Crippen molar-refractivity contribution in [2.75, 3.05) is 32.7 Å². The van der Waals surface area contributed by atoms with Gasteiger partial charge >= 0.3 is 0 Å². The number of benzene rings is 1. The van der Waals surface area contributed by atoms with Crippen molar-refractivity contribution in [3.63, 3.8) is 0 Å². The van der Waals surface area contributed by atoms with Gasteiger partial charge < -0.3 is 5.32 Å². The van der Waals surface area contributed by atoms with Crippen LogP contribution >= 0.6 is 0 Å². The normalized spacial score (nSPS) is 27.9. The van der Waals surface area contributed by atoms with E-state index in [0.717, 1.165) is 57.4 Å². The first-order valence-electron chi connectivity index (χ1n) is 11.0. The Kier molecular flexibility index (Phi) is 6.46. The number of nitrogens with one attached hydrogen (secondary N) is 1. The first-order chi connectivity index (χ1) is 13.3. The minimum atomic E-state index is 0.241. The van der Waals surface area contributed by atoms with Gasteiger partial charge in [0, 0.05) is 32.2 Å². The molecule has 1 aromatic rings. The van der Waals surface area contributed by atoms with Gasteiger partial charge in [0.2, 0.25) is 5.91 Å². The zero-order valence-electron chi connectivity index (χ0n) is 16.6. The third-order valence-electron chi connectivity index (χ3n) is 6.94. The van der Waals surface area contributed by atoms with Gasteiger partial charge in [-0.05, 0) is 49.6 Å². The first kappa shape index (κ1) is 18.9. The van der Waals surface area contributed by atoms with E-state index in [4.69, 9.17) is 0 Å². The van der Waals surface area contributed by atoms with Crippen LogP contribution < -0.4 is 5.32 Å². The summed E-state index contributed by atoms with van der Waals surface area (Å²) in [5.74, 6) is 2.03. The van der Waals surface area contributed by atoms with E-state index in [9.17, 15) is 4.79 Å². The molecular weight excluding hydrogens is 334 g/mol. The Labute approximate surface area is 164 Å². The van der Waals surface area contributed by atoms with Gasteiger partial charge in [-0.25, -0.2) is 0 Å². The molecule has 0 aromatic heterocycles. The number of nitrogens with zero attached hydrogens (tertiary/aromatic N) is 2. The summed E-state index contributed by atoms with van der Waals surface area (Å²) in [5.41, 5.74) is 1.38. The Bertz CT molecular complexity index is 597. The smallest absolute Gasteiger partial charge is 0.234 e. The lowest BCUT2D eigenvalue weighted by atomic mass is 9.75. The van der Waals surface area contributed by atoms with Gasteiger partial charge in [-0.15, -0.1) is 0 Å². The molecule has 0 unspecified atom stereocenters. The predicted molar refractivity (Wildman–Crippen MR) is 109 cm³/mol. The van der Waals surface area contributed by atoms with Crippen LogP contribution in [0.1, 0.15) is 50.5 Å². The minimum Gasteiger partial charge on any atom is -0.352 e. The minimum absolute atomic E-state index is 0.241. The molecule has 1 aromatic carbocycles. The summed E-state index contributed by atoms with van der Waals surface area (Å²) in [5, 5.41) is 3.32. The van der Waals surface area contributed by atoms with E-state index in [0.29, 0.717) is 12.6 Å². The summed E-state index contributed by atoms with van der Waals surface area (Å²) in [6.07, 6.45) is 9.06. The van der Waals surface area contributed by atoms with E-state index in [1.807, 2.05) is 0 Å². The summed E-state index contributed by atoms with van der Waals surface area (Å²) in [4.78, 5) is 17.5. The molecule has 3 fully saturated rings. The average Bonchev–Trinajstić information content (AvgIpc) is 2.70. The number of piperidine rings is 2. The van der Waals surface area contributed by atoms with E-state index in [1.54, 1.807) is 0 Å². The van der Waals surface area contributed by atoms with Gasteiger partial charge in [-0.3, -0.25) is 14.6 Å². The quantitative estimate of drug-likeness (QED) is 0.865. The maximum Gasteiger partial charge on any atom is 0.234 e. The second-order valence-electron chi connectivity index (χ2n) is 8.93.